The largest absolute Gasteiger partial charge is 0.494 e. The Hall–Kier alpha value is -1.18. The maximum Gasteiger partial charge on any atom is 0.121 e. The zero-order valence-electron chi connectivity index (χ0n) is 14.2. The van der Waals surface area contributed by atoms with Crippen molar-refractivity contribution in [1.82, 2.24) is 0 Å². The van der Waals surface area contributed by atoms with Gasteiger partial charge in [-0.15, -0.1) is 0 Å². The van der Waals surface area contributed by atoms with Crippen molar-refractivity contribution in [2.24, 2.45) is 5.41 Å². The maximum absolute atomic E-state index is 5.72. The first-order chi connectivity index (χ1) is 9.97. The number of unbranched alkanes of at least 4 members (excludes halogenated alkanes) is 6. The van der Waals surface area contributed by atoms with E-state index in [4.69, 9.17) is 10.5 Å². The number of benzene rings is 1. The Balaban J connectivity index is 1.89. The van der Waals surface area contributed by atoms with Crippen LogP contribution in [0.2, 0.25) is 0 Å². The molecule has 1 rings (SSSR count). The van der Waals surface area contributed by atoms with E-state index in [1.807, 2.05) is 24.3 Å². The van der Waals surface area contributed by atoms with Crippen LogP contribution in [0.3, 0.4) is 0 Å². The monoisotopic (exact) mass is 291 g/mol. The molecule has 0 saturated heterocycles. The molecule has 0 aromatic heterocycles. The molecule has 0 unspecified atom stereocenters. The second kappa shape index (κ2) is 9.70. The van der Waals surface area contributed by atoms with Crippen molar-refractivity contribution >= 4 is 5.69 Å². The Labute approximate surface area is 131 Å². The Morgan fingerprint density at radius 1 is 0.905 bits per heavy atom. The summed E-state index contributed by atoms with van der Waals surface area (Å²) < 4.78 is 5.69. The minimum atomic E-state index is 0.498. The van der Waals surface area contributed by atoms with Crippen molar-refractivity contribution in [3.05, 3.63) is 24.3 Å². The van der Waals surface area contributed by atoms with E-state index in [2.05, 4.69) is 20.8 Å². The fourth-order valence-corrected chi connectivity index (χ4v) is 2.44. The Morgan fingerprint density at radius 2 is 1.52 bits per heavy atom. The normalized spacial score (nSPS) is 11.6. The van der Waals surface area contributed by atoms with Crippen LogP contribution < -0.4 is 10.5 Å². The molecule has 1 aromatic carbocycles. The van der Waals surface area contributed by atoms with Gasteiger partial charge in [0, 0.05) is 11.8 Å². The predicted molar refractivity (Wildman–Crippen MR) is 92.7 cm³/mol. The molecule has 0 bridgehead atoms. The van der Waals surface area contributed by atoms with Gasteiger partial charge in [-0.1, -0.05) is 65.4 Å². The Kier molecular flexibility index (Phi) is 8.26. The van der Waals surface area contributed by atoms with Crippen molar-refractivity contribution in [2.75, 3.05) is 12.3 Å². The molecule has 0 amide bonds. The van der Waals surface area contributed by atoms with Gasteiger partial charge in [0.1, 0.15) is 5.75 Å². The Morgan fingerprint density at radius 3 is 2.14 bits per heavy atom. The van der Waals surface area contributed by atoms with Gasteiger partial charge in [0.15, 0.2) is 0 Å². The lowest BCUT2D eigenvalue weighted by Gasteiger charge is -2.17. The summed E-state index contributed by atoms with van der Waals surface area (Å²) in [6, 6.07) is 7.66. The lowest BCUT2D eigenvalue weighted by Crippen LogP contribution is -2.03. The third kappa shape index (κ3) is 10.2. The number of ether oxygens (including phenoxy) is 1. The zero-order chi connectivity index (χ0) is 15.6. The quantitative estimate of drug-likeness (QED) is 0.436. The fourth-order valence-electron chi connectivity index (χ4n) is 2.44. The van der Waals surface area contributed by atoms with E-state index in [0.29, 0.717) is 5.41 Å². The standard InChI is InChI=1S/C19H33NO/c1-19(2,3)14-9-7-5-4-6-8-10-15-21-18-13-11-12-17(20)16-18/h11-13,16H,4-10,14-15,20H2,1-3H3. The Bertz CT molecular complexity index is 381. The molecule has 0 aliphatic heterocycles. The second-order valence-corrected chi connectivity index (χ2v) is 7.21. The molecule has 0 saturated carbocycles. The molecule has 0 aliphatic carbocycles. The average Bonchev–Trinajstić information content (AvgIpc) is 2.40. The maximum atomic E-state index is 5.72. The number of hydrogen-bond donors (Lipinski definition) is 1. The summed E-state index contributed by atoms with van der Waals surface area (Å²) >= 11 is 0. The van der Waals surface area contributed by atoms with Crippen molar-refractivity contribution in [2.45, 2.75) is 72.1 Å². The second-order valence-electron chi connectivity index (χ2n) is 7.21. The number of nitrogens with two attached hydrogens (primary N) is 1. The molecular weight excluding hydrogens is 258 g/mol. The molecule has 2 nitrogen and oxygen atoms in total. The average molecular weight is 291 g/mol. The van der Waals surface area contributed by atoms with E-state index < -0.39 is 0 Å². The summed E-state index contributed by atoms with van der Waals surface area (Å²) in [5, 5.41) is 0. The van der Waals surface area contributed by atoms with E-state index in [1.165, 1.54) is 44.9 Å². The zero-order valence-corrected chi connectivity index (χ0v) is 14.2. The lowest BCUT2D eigenvalue weighted by molar-refractivity contribution is 0.304. The smallest absolute Gasteiger partial charge is 0.121 e. The molecule has 0 atom stereocenters. The van der Waals surface area contributed by atoms with Gasteiger partial charge in [-0.25, -0.2) is 0 Å². The molecule has 2 heteroatoms. The number of rotatable bonds is 10. The lowest BCUT2D eigenvalue weighted by atomic mass is 9.89. The van der Waals surface area contributed by atoms with Crippen LogP contribution in [-0.2, 0) is 0 Å². The van der Waals surface area contributed by atoms with Crippen LogP contribution in [0.4, 0.5) is 5.69 Å². The highest BCUT2D eigenvalue weighted by Gasteiger charge is 2.08. The third-order valence-electron chi connectivity index (χ3n) is 3.70. The first kappa shape index (κ1) is 17.9. The van der Waals surface area contributed by atoms with Crippen LogP contribution in [0.5, 0.6) is 5.75 Å². The molecule has 1 aromatic rings. The molecule has 0 aliphatic rings. The fraction of sp³-hybridized carbons (Fsp3) is 0.684. The molecule has 0 heterocycles. The van der Waals surface area contributed by atoms with E-state index in [-0.39, 0.29) is 0 Å². The molecule has 120 valence electrons. The summed E-state index contributed by atoms with van der Waals surface area (Å²) in [5.74, 6) is 0.886. The van der Waals surface area contributed by atoms with Gasteiger partial charge in [0.25, 0.3) is 0 Å². The summed E-state index contributed by atoms with van der Waals surface area (Å²) in [6.07, 6.45) is 10.6. The number of hydrogen-bond acceptors (Lipinski definition) is 2. The number of nitrogen functional groups attached to an aromatic ring is 1. The van der Waals surface area contributed by atoms with Crippen molar-refractivity contribution in [3.8, 4) is 5.75 Å². The molecule has 2 N–H and O–H groups in total. The summed E-state index contributed by atoms with van der Waals surface area (Å²) in [7, 11) is 0. The molecule has 0 fully saturated rings. The van der Waals surface area contributed by atoms with E-state index in [0.717, 1.165) is 24.5 Å². The van der Waals surface area contributed by atoms with Crippen LogP contribution in [0.15, 0.2) is 24.3 Å². The van der Waals surface area contributed by atoms with Crippen molar-refractivity contribution in [3.63, 3.8) is 0 Å². The summed E-state index contributed by atoms with van der Waals surface area (Å²) in [5.41, 5.74) is 6.98. The van der Waals surface area contributed by atoms with Crippen LogP contribution in [0.1, 0.15) is 72.1 Å². The minimum Gasteiger partial charge on any atom is -0.494 e. The van der Waals surface area contributed by atoms with E-state index >= 15 is 0 Å². The van der Waals surface area contributed by atoms with Gasteiger partial charge in [0.2, 0.25) is 0 Å². The molecule has 21 heavy (non-hydrogen) atoms. The topological polar surface area (TPSA) is 35.2 Å². The van der Waals surface area contributed by atoms with E-state index in [9.17, 15) is 0 Å². The molecular formula is C19H33NO. The summed E-state index contributed by atoms with van der Waals surface area (Å²) in [4.78, 5) is 0. The summed E-state index contributed by atoms with van der Waals surface area (Å²) in [6.45, 7) is 7.78. The molecule has 0 spiro atoms. The van der Waals surface area contributed by atoms with Crippen molar-refractivity contribution in [1.29, 1.82) is 0 Å². The third-order valence-corrected chi connectivity index (χ3v) is 3.70. The van der Waals surface area contributed by atoms with Gasteiger partial charge >= 0.3 is 0 Å². The first-order valence-corrected chi connectivity index (χ1v) is 8.46. The highest BCUT2D eigenvalue weighted by Crippen LogP contribution is 2.22. The van der Waals surface area contributed by atoms with Crippen LogP contribution >= 0.6 is 0 Å². The van der Waals surface area contributed by atoms with Crippen molar-refractivity contribution < 1.29 is 4.74 Å². The van der Waals surface area contributed by atoms with Crippen LogP contribution in [0, 0.1) is 5.41 Å². The highest BCUT2D eigenvalue weighted by molar-refractivity contribution is 5.43. The highest BCUT2D eigenvalue weighted by atomic mass is 16.5. The number of anilines is 1. The van der Waals surface area contributed by atoms with Crippen LogP contribution in [0.25, 0.3) is 0 Å². The van der Waals surface area contributed by atoms with Gasteiger partial charge < -0.3 is 10.5 Å². The molecule has 0 radical (unpaired) electrons. The predicted octanol–water partition coefficient (Wildman–Crippen LogP) is 5.81. The minimum absolute atomic E-state index is 0.498. The van der Waals surface area contributed by atoms with Gasteiger partial charge in [-0.2, -0.15) is 0 Å². The van der Waals surface area contributed by atoms with Gasteiger partial charge in [-0.05, 0) is 30.4 Å². The van der Waals surface area contributed by atoms with Crippen LogP contribution in [-0.4, -0.2) is 6.61 Å². The van der Waals surface area contributed by atoms with Gasteiger partial charge in [-0.3, -0.25) is 0 Å². The first-order valence-electron chi connectivity index (χ1n) is 8.46. The SMILES string of the molecule is CC(C)(C)CCCCCCCCCOc1cccc(N)c1. The van der Waals surface area contributed by atoms with Gasteiger partial charge in [0.05, 0.1) is 6.61 Å². The van der Waals surface area contributed by atoms with E-state index in [1.54, 1.807) is 0 Å².